The second-order valence-corrected chi connectivity index (χ2v) is 5.62. The zero-order valence-electron chi connectivity index (χ0n) is 11.5. The highest BCUT2D eigenvalue weighted by Crippen LogP contribution is 2.19. The molecular weight excluding hydrogens is 260 g/mol. The molecule has 1 aromatic heterocycles. The highest BCUT2D eigenvalue weighted by atomic mass is 32.1. The molecule has 1 amide bonds. The Kier molecular flexibility index (Phi) is 5.60. The van der Waals surface area contributed by atoms with E-state index in [1.807, 2.05) is 23.5 Å². The van der Waals surface area contributed by atoms with Crippen LogP contribution in [-0.4, -0.2) is 55.6 Å². The molecule has 0 aromatic carbocycles. The van der Waals surface area contributed by atoms with Gasteiger partial charge in [-0.15, -0.1) is 11.3 Å². The van der Waals surface area contributed by atoms with E-state index in [-0.39, 0.29) is 5.91 Å². The average molecular weight is 282 g/mol. The van der Waals surface area contributed by atoms with Gasteiger partial charge in [-0.1, -0.05) is 0 Å². The Morgan fingerprint density at radius 3 is 3.05 bits per heavy atom. The molecule has 1 aromatic rings. The minimum absolute atomic E-state index is 0.288. The molecule has 0 spiro atoms. The zero-order valence-corrected chi connectivity index (χ0v) is 12.3. The van der Waals surface area contributed by atoms with E-state index in [1.165, 1.54) is 0 Å². The highest BCUT2D eigenvalue weighted by Gasteiger charge is 2.19. The van der Waals surface area contributed by atoms with Crippen LogP contribution < -0.4 is 10.2 Å². The largest absolute Gasteiger partial charge is 0.346 e. The van der Waals surface area contributed by atoms with Crippen molar-refractivity contribution in [2.45, 2.75) is 19.3 Å². The molecule has 0 saturated carbocycles. The van der Waals surface area contributed by atoms with Crippen molar-refractivity contribution in [2.24, 2.45) is 0 Å². The van der Waals surface area contributed by atoms with Crippen molar-refractivity contribution in [3.05, 3.63) is 11.6 Å². The van der Waals surface area contributed by atoms with Crippen LogP contribution in [-0.2, 0) is 4.79 Å². The van der Waals surface area contributed by atoms with Crippen LogP contribution in [0.25, 0.3) is 0 Å². The van der Waals surface area contributed by atoms with E-state index in [4.69, 9.17) is 0 Å². The van der Waals surface area contributed by atoms with Crippen LogP contribution in [0.1, 0.15) is 19.3 Å². The topological polar surface area (TPSA) is 48.5 Å². The summed E-state index contributed by atoms with van der Waals surface area (Å²) >= 11 is 1.67. The minimum atomic E-state index is 0.288. The standard InChI is InChI=1S/C13H22N4OS/c1-14-5-2-4-12(18)16-7-3-8-17(10-9-16)13-15-6-11-19-13/h6,11,14H,2-5,7-10H2,1H3. The molecule has 2 heterocycles. The summed E-state index contributed by atoms with van der Waals surface area (Å²) in [5, 5.41) is 6.15. The van der Waals surface area contributed by atoms with Gasteiger partial charge in [-0.05, 0) is 26.4 Å². The van der Waals surface area contributed by atoms with Crippen molar-refractivity contribution >= 4 is 22.4 Å². The number of thiazole rings is 1. The normalized spacial score (nSPS) is 16.5. The van der Waals surface area contributed by atoms with Crippen LogP contribution >= 0.6 is 11.3 Å². The molecule has 2 rings (SSSR count). The average Bonchev–Trinajstić information content (AvgIpc) is 2.83. The van der Waals surface area contributed by atoms with Gasteiger partial charge in [-0.2, -0.15) is 0 Å². The Bertz CT molecular complexity index is 382. The van der Waals surface area contributed by atoms with E-state index in [2.05, 4.69) is 15.2 Å². The van der Waals surface area contributed by atoms with Gasteiger partial charge in [-0.25, -0.2) is 4.98 Å². The molecule has 106 valence electrons. The fraction of sp³-hybridized carbons (Fsp3) is 0.692. The number of nitrogens with one attached hydrogen (secondary N) is 1. The van der Waals surface area contributed by atoms with Gasteiger partial charge < -0.3 is 15.1 Å². The maximum atomic E-state index is 12.1. The fourth-order valence-electron chi connectivity index (χ4n) is 2.30. The molecule has 1 aliphatic rings. The second-order valence-electron chi connectivity index (χ2n) is 4.74. The number of carbonyl (C=O) groups excluding carboxylic acids is 1. The number of rotatable bonds is 5. The predicted octanol–water partition coefficient (Wildman–Crippen LogP) is 1.18. The molecule has 1 aliphatic heterocycles. The van der Waals surface area contributed by atoms with Gasteiger partial charge >= 0.3 is 0 Å². The number of anilines is 1. The molecule has 0 unspecified atom stereocenters. The van der Waals surface area contributed by atoms with Gasteiger partial charge in [0.15, 0.2) is 5.13 Å². The summed E-state index contributed by atoms with van der Waals surface area (Å²) in [5.41, 5.74) is 0. The molecular formula is C13H22N4OS. The van der Waals surface area contributed by atoms with E-state index in [9.17, 15) is 4.79 Å². The summed E-state index contributed by atoms with van der Waals surface area (Å²) in [5.74, 6) is 0.288. The quantitative estimate of drug-likeness (QED) is 0.824. The molecule has 1 N–H and O–H groups in total. The summed E-state index contributed by atoms with van der Waals surface area (Å²) in [6, 6.07) is 0. The van der Waals surface area contributed by atoms with Crippen LogP contribution in [0.15, 0.2) is 11.6 Å². The SMILES string of the molecule is CNCCCC(=O)N1CCCN(c2nccs2)CC1. The van der Waals surface area contributed by atoms with Gasteiger partial charge in [0.1, 0.15) is 0 Å². The monoisotopic (exact) mass is 282 g/mol. The van der Waals surface area contributed by atoms with Gasteiger partial charge in [0, 0.05) is 44.2 Å². The van der Waals surface area contributed by atoms with E-state index in [0.29, 0.717) is 6.42 Å². The third-order valence-electron chi connectivity index (χ3n) is 3.36. The lowest BCUT2D eigenvalue weighted by Crippen LogP contribution is -2.35. The lowest BCUT2D eigenvalue weighted by molar-refractivity contribution is -0.131. The predicted molar refractivity (Wildman–Crippen MR) is 78.7 cm³/mol. The van der Waals surface area contributed by atoms with E-state index < -0.39 is 0 Å². The Balaban J connectivity index is 1.81. The molecule has 0 bridgehead atoms. The number of carbonyl (C=O) groups is 1. The maximum Gasteiger partial charge on any atom is 0.222 e. The molecule has 19 heavy (non-hydrogen) atoms. The van der Waals surface area contributed by atoms with Crippen molar-refractivity contribution in [1.29, 1.82) is 0 Å². The summed E-state index contributed by atoms with van der Waals surface area (Å²) in [6.45, 7) is 4.49. The number of hydrogen-bond acceptors (Lipinski definition) is 5. The maximum absolute atomic E-state index is 12.1. The first-order chi connectivity index (χ1) is 9.31. The van der Waals surface area contributed by atoms with Crippen molar-refractivity contribution in [1.82, 2.24) is 15.2 Å². The summed E-state index contributed by atoms with van der Waals surface area (Å²) in [6.07, 6.45) is 4.43. The van der Waals surface area contributed by atoms with Gasteiger partial charge in [0.2, 0.25) is 5.91 Å². The number of nitrogens with zero attached hydrogens (tertiary/aromatic N) is 3. The Morgan fingerprint density at radius 2 is 2.32 bits per heavy atom. The molecule has 1 saturated heterocycles. The van der Waals surface area contributed by atoms with Gasteiger partial charge in [0.25, 0.3) is 0 Å². The minimum Gasteiger partial charge on any atom is -0.346 e. The van der Waals surface area contributed by atoms with Crippen LogP contribution in [0, 0.1) is 0 Å². The lowest BCUT2D eigenvalue weighted by Gasteiger charge is -2.21. The summed E-state index contributed by atoms with van der Waals surface area (Å²) < 4.78 is 0. The van der Waals surface area contributed by atoms with Crippen molar-refractivity contribution < 1.29 is 4.79 Å². The van der Waals surface area contributed by atoms with Crippen molar-refractivity contribution in [2.75, 3.05) is 44.7 Å². The molecule has 1 fully saturated rings. The summed E-state index contributed by atoms with van der Waals surface area (Å²) in [4.78, 5) is 20.7. The molecule has 6 heteroatoms. The smallest absolute Gasteiger partial charge is 0.222 e. The third-order valence-corrected chi connectivity index (χ3v) is 4.19. The van der Waals surface area contributed by atoms with E-state index in [1.54, 1.807) is 11.3 Å². The second kappa shape index (κ2) is 7.45. The molecule has 0 atom stereocenters. The van der Waals surface area contributed by atoms with Gasteiger partial charge in [-0.3, -0.25) is 4.79 Å². The van der Waals surface area contributed by atoms with Gasteiger partial charge in [0.05, 0.1) is 0 Å². The van der Waals surface area contributed by atoms with E-state index in [0.717, 1.165) is 50.7 Å². The Morgan fingerprint density at radius 1 is 1.42 bits per heavy atom. The van der Waals surface area contributed by atoms with Crippen LogP contribution in [0.4, 0.5) is 5.13 Å². The van der Waals surface area contributed by atoms with Crippen LogP contribution in [0.3, 0.4) is 0 Å². The van der Waals surface area contributed by atoms with Crippen LogP contribution in [0.5, 0.6) is 0 Å². The van der Waals surface area contributed by atoms with Crippen molar-refractivity contribution in [3.63, 3.8) is 0 Å². The number of amides is 1. The number of hydrogen-bond donors (Lipinski definition) is 1. The van der Waals surface area contributed by atoms with Crippen LogP contribution in [0.2, 0.25) is 0 Å². The molecule has 5 nitrogen and oxygen atoms in total. The third kappa shape index (κ3) is 4.18. The van der Waals surface area contributed by atoms with Crippen molar-refractivity contribution in [3.8, 4) is 0 Å². The Labute approximate surface area is 118 Å². The number of aromatic nitrogens is 1. The lowest BCUT2D eigenvalue weighted by atomic mass is 10.2. The first-order valence-electron chi connectivity index (χ1n) is 6.88. The first-order valence-corrected chi connectivity index (χ1v) is 7.76. The van der Waals surface area contributed by atoms with E-state index >= 15 is 0 Å². The molecule has 0 radical (unpaired) electrons. The highest BCUT2D eigenvalue weighted by molar-refractivity contribution is 7.13. The zero-order chi connectivity index (χ0) is 13.5. The molecule has 0 aliphatic carbocycles. The fourth-order valence-corrected chi connectivity index (χ4v) is 3.00. The Hall–Kier alpha value is -1.14. The summed E-state index contributed by atoms with van der Waals surface area (Å²) in [7, 11) is 1.92. The first kappa shape index (κ1) is 14.3.